The zero-order valence-corrected chi connectivity index (χ0v) is 21.4. The van der Waals surface area contributed by atoms with E-state index < -0.39 is 17.2 Å². The predicted octanol–water partition coefficient (Wildman–Crippen LogP) is 2.94. The number of rotatable bonds is 9. The maximum absolute atomic E-state index is 12.4. The number of benzene rings is 1. The van der Waals surface area contributed by atoms with Gasteiger partial charge in [-0.3, -0.25) is 15.0 Å². The zero-order valence-electron chi connectivity index (χ0n) is 21.4. The average molecular weight is 488 g/mol. The lowest BCUT2D eigenvalue weighted by Crippen LogP contribution is -2.59. The summed E-state index contributed by atoms with van der Waals surface area (Å²) in [6, 6.07) is 5.75. The molecule has 2 saturated heterocycles. The molecule has 0 radical (unpaired) electrons. The van der Waals surface area contributed by atoms with Gasteiger partial charge in [0.1, 0.15) is 11.3 Å². The van der Waals surface area contributed by atoms with Crippen LogP contribution in [0.15, 0.2) is 18.2 Å². The number of nitrogens with zero attached hydrogens (tertiary/aromatic N) is 1. The molecule has 8 heteroatoms. The summed E-state index contributed by atoms with van der Waals surface area (Å²) in [6.45, 7) is 7.69. The highest BCUT2D eigenvalue weighted by Crippen LogP contribution is 2.40. The third-order valence-corrected chi connectivity index (χ3v) is 8.59. The first-order valence-corrected chi connectivity index (χ1v) is 13.1. The van der Waals surface area contributed by atoms with Crippen molar-refractivity contribution in [2.75, 3.05) is 33.4 Å². The first-order valence-electron chi connectivity index (χ1n) is 13.1. The van der Waals surface area contributed by atoms with E-state index in [1.807, 2.05) is 6.07 Å². The van der Waals surface area contributed by atoms with Crippen LogP contribution in [-0.2, 0) is 16.0 Å². The number of amides is 3. The monoisotopic (exact) mass is 487 g/mol. The number of hydrogen-bond acceptors (Lipinski definition) is 6. The number of urea groups is 1. The lowest BCUT2D eigenvalue weighted by atomic mass is 9.71. The Labute approximate surface area is 208 Å². The molecule has 1 aliphatic carbocycles. The molecule has 0 unspecified atom stereocenters. The average Bonchev–Trinajstić information content (AvgIpc) is 3.14. The number of carbonyl (C=O) groups excluding carboxylic acids is 2. The van der Waals surface area contributed by atoms with E-state index in [0.29, 0.717) is 31.6 Å². The molecule has 1 saturated carbocycles. The van der Waals surface area contributed by atoms with Crippen LogP contribution in [-0.4, -0.2) is 72.5 Å². The minimum Gasteiger partial charge on any atom is -0.497 e. The number of imide groups is 1. The number of ether oxygens (including phenoxy) is 2. The summed E-state index contributed by atoms with van der Waals surface area (Å²) in [6.07, 6.45) is 5.92. The third kappa shape index (κ3) is 5.81. The second kappa shape index (κ2) is 10.8. The van der Waals surface area contributed by atoms with Gasteiger partial charge in [-0.25, -0.2) is 4.79 Å². The number of hydrogen-bond donors (Lipinski definition) is 3. The topological polar surface area (TPSA) is 100 Å². The minimum atomic E-state index is -0.893. The Bertz CT molecular complexity index is 906. The second-order valence-corrected chi connectivity index (χ2v) is 10.7. The molecule has 2 heterocycles. The Kier molecular flexibility index (Phi) is 8.03. The van der Waals surface area contributed by atoms with Gasteiger partial charge in [0.05, 0.1) is 12.7 Å². The minimum absolute atomic E-state index is 0.0470. The number of methoxy groups -OCH3 is 1. The van der Waals surface area contributed by atoms with E-state index in [-0.39, 0.29) is 11.9 Å². The van der Waals surface area contributed by atoms with Gasteiger partial charge in [-0.05, 0) is 101 Å². The Morgan fingerprint density at radius 1 is 1.20 bits per heavy atom. The molecular formula is C27H41N3O5. The quantitative estimate of drug-likeness (QED) is 0.463. The molecule has 3 aliphatic rings. The van der Waals surface area contributed by atoms with Crippen LogP contribution < -0.4 is 15.4 Å². The van der Waals surface area contributed by atoms with E-state index in [1.54, 1.807) is 7.11 Å². The lowest BCUT2D eigenvalue weighted by Gasteiger charge is -2.47. The van der Waals surface area contributed by atoms with Crippen LogP contribution in [0.25, 0.3) is 0 Å². The number of nitrogens with one attached hydrogen (secondary N) is 2. The zero-order chi connectivity index (χ0) is 25.1. The van der Waals surface area contributed by atoms with Gasteiger partial charge in [0.25, 0.3) is 5.91 Å². The van der Waals surface area contributed by atoms with Gasteiger partial charge in [0.2, 0.25) is 0 Å². The van der Waals surface area contributed by atoms with Crippen molar-refractivity contribution in [1.82, 2.24) is 15.5 Å². The summed E-state index contributed by atoms with van der Waals surface area (Å²) in [7, 11) is 1.70. The van der Waals surface area contributed by atoms with Crippen molar-refractivity contribution >= 4 is 11.9 Å². The molecular weight excluding hydrogens is 446 g/mol. The fourth-order valence-electron chi connectivity index (χ4n) is 5.97. The van der Waals surface area contributed by atoms with E-state index >= 15 is 0 Å². The van der Waals surface area contributed by atoms with Crippen molar-refractivity contribution in [1.29, 1.82) is 0 Å². The van der Waals surface area contributed by atoms with Crippen molar-refractivity contribution in [2.45, 2.75) is 82.4 Å². The molecule has 1 aromatic carbocycles. The molecule has 3 N–H and O–H groups in total. The highest BCUT2D eigenvalue weighted by atomic mass is 16.5. The fourth-order valence-corrected chi connectivity index (χ4v) is 5.97. The Hall–Kier alpha value is -2.16. The predicted molar refractivity (Wildman–Crippen MR) is 133 cm³/mol. The molecule has 1 spiro atoms. The summed E-state index contributed by atoms with van der Waals surface area (Å²) < 4.78 is 11.0. The van der Waals surface area contributed by atoms with E-state index in [9.17, 15) is 14.7 Å². The van der Waals surface area contributed by atoms with E-state index in [2.05, 4.69) is 41.5 Å². The van der Waals surface area contributed by atoms with Crippen molar-refractivity contribution in [3.63, 3.8) is 0 Å². The molecule has 3 fully saturated rings. The van der Waals surface area contributed by atoms with Gasteiger partial charge < -0.3 is 19.9 Å². The van der Waals surface area contributed by atoms with Crippen molar-refractivity contribution < 1.29 is 24.2 Å². The molecule has 8 nitrogen and oxygen atoms in total. The second-order valence-electron chi connectivity index (χ2n) is 10.7. The molecule has 2 aliphatic heterocycles. The van der Waals surface area contributed by atoms with Crippen LogP contribution in [0.3, 0.4) is 0 Å². The van der Waals surface area contributed by atoms with Gasteiger partial charge in [-0.15, -0.1) is 0 Å². The molecule has 194 valence electrons. The third-order valence-electron chi connectivity index (χ3n) is 8.59. The van der Waals surface area contributed by atoms with Gasteiger partial charge in [0, 0.05) is 25.8 Å². The van der Waals surface area contributed by atoms with E-state index in [1.165, 1.54) is 11.1 Å². The highest BCUT2D eigenvalue weighted by Gasteiger charge is 2.53. The van der Waals surface area contributed by atoms with Gasteiger partial charge in [0.15, 0.2) is 0 Å². The van der Waals surface area contributed by atoms with Gasteiger partial charge in [-0.2, -0.15) is 0 Å². The maximum Gasteiger partial charge on any atom is 0.322 e. The summed E-state index contributed by atoms with van der Waals surface area (Å²) in [5, 5.41) is 16.9. The maximum atomic E-state index is 12.4. The van der Waals surface area contributed by atoms with E-state index in [0.717, 1.165) is 57.7 Å². The summed E-state index contributed by atoms with van der Waals surface area (Å²) in [4.78, 5) is 26.6. The number of aliphatic hydroxyl groups is 1. The Morgan fingerprint density at radius 2 is 1.91 bits per heavy atom. The van der Waals surface area contributed by atoms with Gasteiger partial charge in [-0.1, -0.05) is 6.07 Å². The lowest BCUT2D eigenvalue weighted by molar-refractivity contribution is -0.130. The number of carbonyl (C=O) groups is 2. The first-order chi connectivity index (χ1) is 16.7. The van der Waals surface area contributed by atoms with Crippen LogP contribution in [0.4, 0.5) is 4.79 Å². The smallest absolute Gasteiger partial charge is 0.322 e. The molecule has 3 amide bonds. The molecule has 0 bridgehead atoms. The summed E-state index contributed by atoms with van der Waals surface area (Å²) in [5.74, 6) is 1.18. The first kappa shape index (κ1) is 25.9. The SMILES string of the molecule is COc1ccc(C)c(CCCN(CC2CCOCC2)[C@H](C)[C@]2(O)CC[C@@]3(CC2)NC(=O)NC3=O)c1. The fraction of sp³-hybridized carbons (Fsp3) is 0.704. The molecule has 4 rings (SSSR count). The van der Waals surface area contributed by atoms with Crippen LogP contribution in [0.5, 0.6) is 5.75 Å². The Balaban J connectivity index is 1.42. The van der Waals surface area contributed by atoms with Crippen LogP contribution in [0.2, 0.25) is 0 Å². The molecule has 0 aromatic heterocycles. The largest absolute Gasteiger partial charge is 0.497 e. The summed E-state index contributed by atoms with van der Waals surface area (Å²) in [5.41, 5.74) is 0.807. The standard InChI is InChI=1S/C27H41N3O5/c1-19-6-7-23(34-3)17-22(19)5-4-14-30(18-21-8-15-35-16-9-21)20(2)27(33)12-10-26(11-13-27)24(31)28-25(32)29-26/h6-7,17,20-21,33H,4-5,8-16,18H2,1-3H3,(H2,28,29,31,32)/t20-,26-,27-/m1/s1. The van der Waals surface area contributed by atoms with Crippen molar-refractivity contribution in [3.05, 3.63) is 29.3 Å². The van der Waals surface area contributed by atoms with Crippen LogP contribution >= 0.6 is 0 Å². The van der Waals surface area contributed by atoms with Crippen molar-refractivity contribution in [2.24, 2.45) is 5.92 Å². The van der Waals surface area contributed by atoms with Crippen molar-refractivity contribution in [3.8, 4) is 5.75 Å². The molecule has 1 aromatic rings. The van der Waals surface area contributed by atoms with E-state index in [4.69, 9.17) is 9.47 Å². The summed E-state index contributed by atoms with van der Waals surface area (Å²) >= 11 is 0. The van der Waals surface area contributed by atoms with Crippen LogP contribution in [0.1, 0.15) is 63.0 Å². The highest BCUT2D eigenvalue weighted by molar-refractivity contribution is 6.07. The molecule has 35 heavy (non-hydrogen) atoms. The van der Waals surface area contributed by atoms with Gasteiger partial charge >= 0.3 is 6.03 Å². The normalized spacial score (nSPS) is 28.3. The van der Waals surface area contributed by atoms with Crippen LogP contribution in [0, 0.1) is 12.8 Å². The Morgan fingerprint density at radius 3 is 2.54 bits per heavy atom. The number of aryl methyl sites for hydroxylation is 2. The molecule has 1 atom stereocenters.